The van der Waals surface area contributed by atoms with Gasteiger partial charge in [0.05, 0.1) is 11.6 Å². The number of pyridine rings is 1. The molecule has 0 saturated heterocycles. The lowest BCUT2D eigenvalue weighted by Crippen LogP contribution is -2.03. The van der Waals surface area contributed by atoms with Gasteiger partial charge in [-0.1, -0.05) is 35.3 Å². The van der Waals surface area contributed by atoms with E-state index in [0.29, 0.717) is 5.02 Å². The Morgan fingerprint density at radius 3 is 1.91 bits per heavy atom. The molecule has 0 amide bonds. The molecule has 3 nitrogen and oxygen atoms in total. The van der Waals surface area contributed by atoms with Gasteiger partial charge in [0.15, 0.2) is 0 Å². The Morgan fingerprint density at radius 2 is 1.30 bits per heavy atom. The van der Waals surface area contributed by atoms with Crippen molar-refractivity contribution in [1.82, 2.24) is 4.57 Å². The summed E-state index contributed by atoms with van der Waals surface area (Å²) in [5, 5.41) is 10.5. The monoisotopic (exact) mass is 341 g/mol. The zero-order chi connectivity index (χ0) is 16.1. The van der Waals surface area contributed by atoms with Crippen molar-refractivity contribution in [3.8, 4) is 5.69 Å². The van der Waals surface area contributed by atoms with E-state index in [1.807, 2.05) is 77.6 Å². The van der Waals surface area contributed by atoms with Crippen LogP contribution in [0.5, 0.6) is 0 Å². The minimum Gasteiger partial charge on any atom is -0.324 e. The van der Waals surface area contributed by atoms with E-state index in [2.05, 4.69) is 10.2 Å². The first-order valence-electron chi connectivity index (χ1n) is 6.98. The largest absolute Gasteiger partial charge is 0.324 e. The number of rotatable bonds is 3. The second-order valence-corrected chi connectivity index (χ2v) is 5.71. The molecule has 3 aromatic rings. The minimum absolute atomic E-state index is 0.703. The predicted molar refractivity (Wildman–Crippen MR) is 95.4 cm³/mol. The molecule has 1 heterocycles. The molecule has 0 saturated carbocycles. The molecule has 0 N–H and O–H groups in total. The molecule has 5 heteroatoms. The fourth-order valence-corrected chi connectivity index (χ4v) is 2.23. The van der Waals surface area contributed by atoms with Crippen LogP contribution in [0.15, 0.2) is 83.3 Å². The van der Waals surface area contributed by atoms with Crippen LogP contribution >= 0.6 is 23.2 Å². The number of aromatic nitrogens is 1. The van der Waals surface area contributed by atoms with E-state index >= 15 is 0 Å². The molecular formula is C18H13Cl2N3. The number of halogens is 2. The van der Waals surface area contributed by atoms with Gasteiger partial charge in [-0.05, 0) is 54.1 Å². The summed E-state index contributed by atoms with van der Waals surface area (Å²) >= 11 is 11.7. The third-order valence-electron chi connectivity index (χ3n) is 3.19. The molecule has 0 spiro atoms. The lowest BCUT2D eigenvalue weighted by Gasteiger charge is -2.05. The van der Waals surface area contributed by atoms with Crippen LogP contribution in [0.2, 0.25) is 10.0 Å². The smallest absolute Gasteiger partial charge is 0.0886 e. The molecule has 0 bridgehead atoms. The Hall–Kier alpha value is -2.36. The molecule has 3 rings (SSSR count). The normalized spacial score (nSPS) is 10.9. The fraction of sp³-hybridized carbons (Fsp3) is 0. The van der Waals surface area contributed by atoms with Gasteiger partial charge in [-0.25, -0.2) is 0 Å². The van der Waals surface area contributed by atoms with E-state index in [1.165, 1.54) is 0 Å². The van der Waals surface area contributed by atoms with Crippen molar-refractivity contribution < 1.29 is 0 Å². The summed E-state index contributed by atoms with van der Waals surface area (Å²) < 4.78 is 1.98. The van der Waals surface area contributed by atoms with Crippen LogP contribution in [0.1, 0.15) is 5.56 Å². The van der Waals surface area contributed by atoms with E-state index in [1.54, 1.807) is 6.21 Å². The molecule has 114 valence electrons. The number of hydrogen-bond acceptors (Lipinski definition) is 2. The van der Waals surface area contributed by atoms with Crippen molar-refractivity contribution in [2.45, 2.75) is 0 Å². The van der Waals surface area contributed by atoms with Crippen LogP contribution in [-0.4, -0.2) is 10.8 Å². The van der Waals surface area contributed by atoms with Crippen LogP contribution in [0.4, 0.5) is 0 Å². The van der Waals surface area contributed by atoms with Gasteiger partial charge in [-0.2, -0.15) is 10.2 Å². The van der Waals surface area contributed by atoms with Crippen LogP contribution < -0.4 is 5.36 Å². The number of hydrogen-bond donors (Lipinski definition) is 0. The SMILES string of the molecule is Clc1ccc(/C=N/N=c2ccn(-c3ccc(Cl)cc3)cc2)cc1. The lowest BCUT2D eigenvalue weighted by molar-refractivity contribution is 1.02. The third-order valence-corrected chi connectivity index (χ3v) is 3.69. The molecule has 0 unspecified atom stereocenters. The lowest BCUT2D eigenvalue weighted by atomic mass is 10.2. The number of nitrogens with zero attached hydrogens (tertiary/aromatic N) is 3. The molecule has 2 aromatic carbocycles. The molecular weight excluding hydrogens is 329 g/mol. The molecule has 0 atom stereocenters. The predicted octanol–water partition coefficient (Wildman–Crippen LogP) is 4.72. The van der Waals surface area contributed by atoms with Gasteiger partial charge in [0.2, 0.25) is 0 Å². The summed E-state index contributed by atoms with van der Waals surface area (Å²) in [5.74, 6) is 0. The molecule has 0 radical (unpaired) electrons. The van der Waals surface area contributed by atoms with Crippen LogP contribution in [0.3, 0.4) is 0 Å². The van der Waals surface area contributed by atoms with Crippen molar-refractivity contribution in [3.05, 3.63) is 94.0 Å². The maximum Gasteiger partial charge on any atom is 0.0886 e. The second kappa shape index (κ2) is 7.27. The standard InChI is InChI=1S/C18H13Cl2N3/c19-15-3-1-14(2-4-15)13-21-22-17-9-11-23(12-10-17)18-7-5-16(20)6-8-18/h1-13H/b21-13+. The Balaban J connectivity index is 1.76. The quantitative estimate of drug-likeness (QED) is 0.487. The highest BCUT2D eigenvalue weighted by molar-refractivity contribution is 6.30. The maximum atomic E-state index is 5.89. The van der Waals surface area contributed by atoms with E-state index in [0.717, 1.165) is 21.6 Å². The van der Waals surface area contributed by atoms with Crippen molar-refractivity contribution in [2.75, 3.05) is 0 Å². The van der Waals surface area contributed by atoms with Crippen molar-refractivity contribution in [1.29, 1.82) is 0 Å². The summed E-state index contributed by atoms with van der Waals surface area (Å²) in [6.07, 6.45) is 5.55. The van der Waals surface area contributed by atoms with Gasteiger partial charge < -0.3 is 4.57 Å². The van der Waals surface area contributed by atoms with E-state index in [4.69, 9.17) is 23.2 Å². The average molecular weight is 342 g/mol. The van der Waals surface area contributed by atoms with E-state index < -0.39 is 0 Å². The molecule has 0 aliphatic rings. The number of benzene rings is 2. The summed E-state index contributed by atoms with van der Waals surface area (Å²) in [6, 6.07) is 18.8. The fourth-order valence-electron chi connectivity index (χ4n) is 1.98. The first-order chi connectivity index (χ1) is 11.2. The Morgan fingerprint density at radius 1 is 0.739 bits per heavy atom. The second-order valence-electron chi connectivity index (χ2n) is 4.84. The average Bonchev–Trinajstić information content (AvgIpc) is 2.58. The highest BCUT2D eigenvalue weighted by Gasteiger charge is 1.93. The van der Waals surface area contributed by atoms with Crippen molar-refractivity contribution in [3.63, 3.8) is 0 Å². The van der Waals surface area contributed by atoms with Gasteiger partial charge in [0, 0.05) is 28.1 Å². The highest BCUT2D eigenvalue weighted by atomic mass is 35.5. The molecule has 1 aromatic heterocycles. The van der Waals surface area contributed by atoms with E-state index in [-0.39, 0.29) is 0 Å². The zero-order valence-electron chi connectivity index (χ0n) is 12.1. The zero-order valence-corrected chi connectivity index (χ0v) is 13.6. The Labute approximate surface area is 144 Å². The van der Waals surface area contributed by atoms with Gasteiger partial charge in [-0.3, -0.25) is 0 Å². The molecule has 23 heavy (non-hydrogen) atoms. The molecule has 0 aliphatic heterocycles. The first-order valence-corrected chi connectivity index (χ1v) is 7.73. The summed E-state index contributed by atoms with van der Waals surface area (Å²) in [5.41, 5.74) is 1.98. The third kappa shape index (κ3) is 4.31. The van der Waals surface area contributed by atoms with Gasteiger partial charge in [0.1, 0.15) is 0 Å². The topological polar surface area (TPSA) is 29.6 Å². The van der Waals surface area contributed by atoms with Crippen LogP contribution in [0.25, 0.3) is 5.69 Å². The Kier molecular flexibility index (Phi) is 4.91. The van der Waals surface area contributed by atoms with Crippen LogP contribution in [0, 0.1) is 0 Å². The van der Waals surface area contributed by atoms with Gasteiger partial charge in [0.25, 0.3) is 0 Å². The van der Waals surface area contributed by atoms with Crippen molar-refractivity contribution in [2.24, 2.45) is 10.2 Å². The van der Waals surface area contributed by atoms with Gasteiger partial charge in [-0.15, -0.1) is 0 Å². The maximum absolute atomic E-state index is 5.89. The van der Waals surface area contributed by atoms with Crippen LogP contribution in [-0.2, 0) is 0 Å². The van der Waals surface area contributed by atoms with Crippen molar-refractivity contribution >= 4 is 29.4 Å². The van der Waals surface area contributed by atoms with E-state index in [9.17, 15) is 0 Å². The highest BCUT2D eigenvalue weighted by Crippen LogP contribution is 2.12. The summed E-state index contributed by atoms with van der Waals surface area (Å²) in [7, 11) is 0. The molecule has 0 fully saturated rings. The summed E-state index contributed by atoms with van der Waals surface area (Å²) in [4.78, 5) is 0. The summed E-state index contributed by atoms with van der Waals surface area (Å²) in [6.45, 7) is 0. The first kappa shape index (κ1) is 15.5. The Bertz CT molecular complexity index is 859. The minimum atomic E-state index is 0.703. The van der Waals surface area contributed by atoms with Gasteiger partial charge >= 0.3 is 0 Å². The molecule has 0 aliphatic carbocycles.